The number of benzene rings is 2. The number of amides is 1. The Morgan fingerprint density at radius 3 is 2.64 bits per heavy atom. The van der Waals surface area contributed by atoms with E-state index < -0.39 is 11.5 Å². The molecule has 5 rings (SSSR count). The first kappa shape index (κ1) is 23.6. The third-order valence-electron chi connectivity index (χ3n) is 6.68. The second-order valence-electron chi connectivity index (χ2n) is 8.83. The topological polar surface area (TPSA) is 137 Å². The predicted octanol–water partition coefficient (Wildman–Crippen LogP) is 1.93. The number of para-hydroxylation sites is 1. The fourth-order valence-corrected chi connectivity index (χ4v) is 4.72. The third-order valence-corrected chi connectivity index (χ3v) is 6.68. The quantitative estimate of drug-likeness (QED) is 0.466. The molecule has 1 unspecified atom stereocenters. The Morgan fingerprint density at radius 2 is 1.94 bits per heavy atom. The van der Waals surface area contributed by atoms with Crippen LogP contribution in [0.2, 0.25) is 0 Å². The van der Waals surface area contributed by atoms with Crippen molar-refractivity contribution in [3.63, 3.8) is 0 Å². The van der Waals surface area contributed by atoms with Gasteiger partial charge in [-0.1, -0.05) is 24.1 Å². The highest BCUT2D eigenvalue weighted by Gasteiger charge is 2.48. The molecule has 2 aliphatic rings. The summed E-state index contributed by atoms with van der Waals surface area (Å²) in [6.45, 7) is 1.27. The molecule has 1 aromatic heterocycles. The highest BCUT2D eigenvalue weighted by atomic mass is 16.5. The van der Waals surface area contributed by atoms with E-state index in [9.17, 15) is 9.90 Å². The van der Waals surface area contributed by atoms with Crippen molar-refractivity contribution >= 4 is 11.7 Å². The van der Waals surface area contributed by atoms with Crippen LogP contribution >= 0.6 is 0 Å². The minimum absolute atomic E-state index is 0.130. The molecule has 3 aromatic rings. The Labute approximate surface area is 209 Å². The van der Waals surface area contributed by atoms with Gasteiger partial charge in [-0.15, -0.1) is 0 Å². The van der Waals surface area contributed by atoms with Gasteiger partial charge in [-0.05, 0) is 36.3 Å². The van der Waals surface area contributed by atoms with E-state index in [1.807, 2.05) is 24.3 Å². The zero-order valence-electron chi connectivity index (χ0n) is 19.7. The number of aliphatic hydroxyl groups excluding tert-OH is 1. The van der Waals surface area contributed by atoms with Gasteiger partial charge in [0.1, 0.15) is 35.1 Å². The second-order valence-corrected chi connectivity index (χ2v) is 8.83. The smallest absolute Gasteiger partial charge is 0.248 e. The molecule has 2 aliphatic heterocycles. The summed E-state index contributed by atoms with van der Waals surface area (Å²) in [4.78, 5) is 22.3. The average molecular weight is 486 g/mol. The van der Waals surface area contributed by atoms with Crippen LogP contribution in [-0.2, 0) is 6.61 Å². The molecule has 36 heavy (non-hydrogen) atoms. The number of hydrogen-bond acceptors (Lipinski definition) is 8. The van der Waals surface area contributed by atoms with Gasteiger partial charge in [0.15, 0.2) is 5.82 Å². The van der Waals surface area contributed by atoms with E-state index in [0.717, 1.165) is 24.2 Å². The standard InChI is InChI=1S/C27H27N5O4/c28-24-21-5-1-2-6-23(21)36-27(24)11-13-32(14-12-27)26-22(17-33)31-19(16-30-26)4-3-15-35-20-9-7-18(8-10-20)25(29)34/h1-2,5-10,16,24,33H,11-15,17,28H2,(H2,29,34). The van der Waals surface area contributed by atoms with Crippen molar-refractivity contribution in [3.05, 3.63) is 77.2 Å². The minimum atomic E-state index is -0.492. The van der Waals surface area contributed by atoms with Gasteiger partial charge in [-0.25, -0.2) is 9.97 Å². The van der Waals surface area contributed by atoms with Crippen molar-refractivity contribution in [2.75, 3.05) is 24.6 Å². The lowest BCUT2D eigenvalue weighted by molar-refractivity contribution is 0.0430. The van der Waals surface area contributed by atoms with Crippen molar-refractivity contribution in [2.45, 2.75) is 31.1 Å². The van der Waals surface area contributed by atoms with E-state index in [1.54, 1.807) is 30.5 Å². The van der Waals surface area contributed by atoms with Crippen LogP contribution in [0.5, 0.6) is 11.5 Å². The van der Waals surface area contributed by atoms with Crippen LogP contribution in [0.15, 0.2) is 54.7 Å². The van der Waals surface area contributed by atoms with E-state index in [2.05, 4.69) is 26.7 Å². The maximum atomic E-state index is 11.1. The lowest BCUT2D eigenvalue weighted by atomic mass is 9.83. The monoisotopic (exact) mass is 485 g/mol. The third kappa shape index (κ3) is 4.56. The van der Waals surface area contributed by atoms with Crippen molar-refractivity contribution in [3.8, 4) is 23.3 Å². The van der Waals surface area contributed by atoms with E-state index in [4.69, 9.17) is 20.9 Å². The van der Waals surface area contributed by atoms with Gasteiger partial charge in [0.25, 0.3) is 0 Å². The summed E-state index contributed by atoms with van der Waals surface area (Å²) in [5.41, 5.74) is 13.8. The molecule has 1 atom stereocenters. The summed E-state index contributed by atoms with van der Waals surface area (Å²) in [7, 11) is 0. The van der Waals surface area contributed by atoms with Crippen LogP contribution in [0.4, 0.5) is 5.82 Å². The Bertz CT molecular complexity index is 1320. The van der Waals surface area contributed by atoms with Crippen molar-refractivity contribution in [1.82, 2.24) is 9.97 Å². The number of primary amides is 1. The number of aromatic nitrogens is 2. The number of anilines is 1. The molecule has 9 nitrogen and oxygen atoms in total. The molecule has 5 N–H and O–H groups in total. The lowest BCUT2D eigenvalue weighted by Gasteiger charge is -2.41. The first-order chi connectivity index (χ1) is 17.5. The largest absolute Gasteiger partial charge is 0.485 e. The zero-order valence-corrected chi connectivity index (χ0v) is 19.7. The normalized spacial score (nSPS) is 17.6. The maximum Gasteiger partial charge on any atom is 0.248 e. The van der Waals surface area contributed by atoms with Crippen LogP contribution in [-0.4, -0.2) is 46.3 Å². The van der Waals surface area contributed by atoms with Crippen molar-refractivity contribution in [1.29, 1.82) is 0 Å². The first-order valence-corrected chi connectivity index (χ1v) is 11.8. The Kier molecular flexibility index (Phi) is 6.46. The van der Waals surface area contributed by atoms with E-state index in [-0.39, 0.29) is 19.3 Å². The fourth-order valence-electron chi connectivity index (χ4n) is 4.72. The van der Waals surface area contributed by atoms with Gasteiger partial charge < -0.3 is 30.9 Å². The summed E-state index contributed by atoms with van der Waals surface area (Å²) < 4.78 is 11.9. The number of nitrogens with two attached hydrogens (primary N) is 2. The molecule has 1 amide bonds. The van der Waals surface area contributed by atoms with Gasteiger partial charge in [0.05, 0.1) is 18.8 Å². The first-order valence-electron chi connectivity index (χ1n) is 11.8. The van der Waals surface area contributed by atoms with E-state index >= 15 is 0 Å². The van der Waals surface area contributed by atoms with Crippen molar-refractivity contribution in [2.24, 2.45) is 11.5 Å². The zero-order chi connectivity index (χ0) is 25.1. The van der Waals surface area contributed by atoms with Crippen LogP contribution in [0.3, 0.4) is 0 Å². The second kappa shape index (κ2) is 9.85. The molecule has 2 aromatic carbocycles. The molecule has 0 aliphatic carbocycles. The summed E-state index contributed by atoms with van der Waals surface area (Å²) in [6.07, 6.45) is 3.09. The van der Waals surface area contributed by atoms with Gasteiger partial charge in [-0.3, -0.25) is 4.79 Å². The molecular weight excluding hydrogens is 458 g/mol. The number of piperidine rings is 1. The molecule has 1 fully saturated rings. The van der Waals surface area contributed by atoms with Gasteiger partial charge in [-0.2, -0.15) is 0 Å². The highest BCUT2D eigenvalue weighted by Crippen LogP contribution is 2.47. The maximum absolute atomic E-state index is 11.1. The number of rotatable bonds is 5. The van der Waals surface area contributed by atoms with Crippen LogP contribution in [0.1, 0.15) is 46.2 Å². The molecule has 0 saturated carbocycles. The fraction of sp³-hybridized carbons (Fsp3) is 0.296. The van der Waals surface area contributed by atoms with E-state index in [1.165, 1.54) is 0 Å². The Morgan fingerprint density at radius 1 is 1.19 bits per heavy atom. The number of nitrogens with zero attached hydrogens (tertiary/aromatic N) is 3. The van der Waals surface area contributed by atoms with Crippen LogP contribution in [0, 0.1) is 11.8 Å². The Hall–Kier alpha value is -4.13. The highest BCUT2D eigenvalue weighted by molar-refractivity contribution is 5.92. The molecule has 0 bridgehead atoms. The predicted molar refractivity (Wildman–Crippen MR) is 133 cm³/mol. The van der Waals surface area contributed by atoms with Crippen molar-refractivity contribution < 1.29 is 19.4 Å². The molecular formula is C27H27N5O4. The van der Waals surface area contributed by atoms with Crippen LogP contribution in [0.25, 0.3) is 0 Å². The Balaban J connectivity index is 1.21. The molecule has 1 spiro atoms. The minimum Gasteiger partial charge on any atom is -0.485 e. The van der Waals surface area contributed by atoms with E-state index in [0.29, 0.717) is 41.6 Å². The summed E-state index contributed by atoms with van der Waals surface area (Å²) >= 11 is 0. The van der Waals surface area contributed by atoms with Gasteiger partial charge >= 0.3 is 0 Å². The molecule has 0 radical (unpaired) electrons. The number of ether oxygens (including phenoxy) is 2. The SMILES string of the molecule is NC(=O)c1ccc(OCC#Cc2cnc(N3CCC4(CC3)Oc3ccccc3C4N)c(CO)n2)cc1. The number of carbonyl (C=O) groups excluding carboxylic acids is 1. The molecule has 3 heterocycles. The number of aliphatic hydroxyl groups is 1. The van der Waals surface area contributed by atoms with Gasteiger partial charge in [0, 0.05) is 37.1 Å². The number of hydrogen-bond donors (Lipinski definition) is 3. The number of fused-ring (bicyclic) bond motifs is 1. The summed E-state index contributed by atoms with van der Waals surface area (Å²) in [5.74, 6) is 7.40. The molecule has 1 saturated heterocycles. The van der Waals surface area contributed by atoms with Gasteiger partial charge in [0.2, 0.25) is 5.91 Å². The number of carbonyl (C=O) groups is 1. The summed E-state index contributed by atoms with van der Waals surface area (Å²) in [6, 6.07) is 14.3. The van der Waals surface area contributed by atoms with Crippen LogP contribution < -0.4 is 25.8 Å². The molecule has 9 heteroatoms. The summed E-state index contributed by atoms with van der Waals surface area (Å²) in [5, 5.41) is 9.94. The molecule has 184 valence electrons. The average Bonchev–Trinajstić information content (AvgIpc) is 3.18. The lowest BCUT2D eigenvalue weighted by Crippen LogP contribution is -2.51.